The first-order valence-corrected chi connectivity index (χ1v) is 8.69. The summed E-state index contributed by atoms with van der Waals surface area (Å²) in [5.41, 5.74) is 3.75. The first kappa shape index (κ1) is 15.0. The number of likely N-dealkylation sites (tertiary alicyclic amines) is 1. The Bertz CT molecular complexity index is 830. The van der Waals surface area contributed by atoms with Gasteiger partial charge in [-0.3, -0.25) is 4.79 Å². The van der Waals surface area contributed by atoms with Crippen LogP contribution in [0.3, 0.4) is 0 Å². The fourth-order valence-corrected chi connectivity index (χ4v) is 3.52. The van der Waals surface area contributed by atoms with Crippen molar-refractivity contribution < 1.29 is 4.79 Å². The average molecular weight is 322 g/mol. The number of carbonyl (C=O) groups is 1. The predicted octanol–water partition coefficient (Wildman–Crippen LogP) is 3.82. The monoisotopic (exact) mass is 322 g/mol. The summed E-state index contributed by atoms with van der Waals surface area (Å²) >= 11 is 0. The molecular formula is C19H22N4O. The molecule has 1 atom stereocenters. The van der Waals surface area contributed by atoms with Crippen molar-refractivity contribution in [3.63, 3.8) is 0 Å². The SMILES string of the molecule is CCc1ccc(C(=O)N2CCCC[C@H]2c2nc3ccccc3[nH]2)[nH]1. The van der Waals surface area contributed by atoms with Gasteiger partial charge in [-0.05, 0) is 49.9 Å². The minimum atomic E-state index is 0.0204. The van der Waals surface area contributed by atoms with Crippen molar-refractivity contribution in [2.75, 3.05) is 6.54 Å². The number of hydrogen-bond donors (Lipinski definition) is 2. The van der Waals surface area contributed by atoms with Crippen molar-refractivity contribution in [2.24, 2.45) is 0 Å². The molecule has 5 nitrogen and oxygen atoms in total. The minimum absolute atomic E-state index is 0.0204. The van der Waals surface area contributed by atoms with Crippen LogP contribution in [-0.2, 0) is 6.42 Å². The van der Waals surface area contributed by atoms with Crippen LogP contribution in [0.1, 0.15) is 54.2 Å². The quantitative estimate of drug-likeness (QED) is 0.770. The summed E-state index contributed by atoms with van der Waals surface area (Å²) in [5, 5.41) is 0. The zero-order valence-corrected chi connectivity index (χ0v) is 13.9. The van der Waals surface area contributed by atoms with Gasteiger partial charge in [0.15, 0.2) is 0 Å². The maximum atomic E-state index is 13.0. The Morgan fingerprint density at radius 1 is 1.21 bits per heavy atom. The van der Waals surface area contributed by atoms with Gasteiger partial charge in [-0.15, -0.1) is 0 Å². The molecule has 1 amide bonds. The molecule has 1 aliphatic heterocycles. The van der Waals surface area contributed by atoms with Crippen LogP contribution in [-0.4, -0.2) is 32.3 Å². The molecule has 0 radical (unpaired) electrons. The third-order valence-corrected chi connectivity index (χ3v) is 4.84. The van der Waals surface area contributed by atoms with Crippen molar-refractivity contribution in [3.05, 3.63) is 53.6 Å². The lowest BCUT2D eigenvalue weighted by Crippen LogP contribution is -2.39. The molecule has 3 heterocycles. The first-order valence-electron chi connectivity index (χ1n) is 8.69. The molecule has 2 aromatic heterocycles. The highest BCUT2D eigenvalue weighted by molar-refractivity contribution is 5.93. The van der Waals surface area contributed by atoms with Gasteiger partial charge in [-0.25, -0.2) is 4.98 Å². The van der Waals surface area contributed by atoms with Gasteiger partial charge in [-0.1, -0.05) is 19.1 Å². The number of carbonyl (C=O) groups excluding carboxylic acids is 1. The normalized spacial score (nSPS) is 18.2. The zero-order valence-electron chi connectivity index (χ0n) is 13.9. The van der Waals surface area contributed by atoms with E-state index in [-0.39, 0.29) is 11.9 Å². The summed E-state index contributed by atoms with van der Waals surface area (Å²) in [6.45, 7) is 2.86. The van der Waals surface area contributed by atoms with Gasteiger partial charge in [0.05, 0.1) is 17.1 Å². The van der Waals surface area contributed by atoms with Crippen LogP contribution in [0.2, 0.25) is 0 Å². The second-order valence-corrected chi connectivity index (χ2v) is 6.40. The third-order valence-electron chi connectivity index (χ3n) is 4.84. The topological polar surface area (TPSA) is 64.8 Å². The second kappa shape index (κ2) is 6.15. The molecule has 1 aromatic carbocycles. The predicted molar refractivity (Wildman–Crippen MR) is 93.9 cm³/mol. The van der Waals surface area contributed by atoms with Gasteiger partial charge in [0, 0.05) is 12.2 Å². The van der Waals surface area contributed by atoms with E-state index in [0.29, 0.717) is 5.69 Å². The van der Waals surface area contributed by atoms with E-state index < -0.39 is 0 Å². The Balaban J connectivity index is 1.66. The number of imidazole rings is 1. The van der Waals surface area contributed by atoms with E-state index in [4.69, 9.17) is 4.98 Å². The molecule has 2 N–H and O–H groups in total. The number of fused-ring (bicyclic) bond motifs is 1. The van der Waals surface area contributed by atoms with Crippen LogP contribution >= 0.6 is 0 Å². The number of aromatic nitrogens is 3. The molecule has 4 rings (SSSR count). The van der Waals surface area contributed by atoms with Gasteiger partial charge in [0.2, 0.25) is 0 Å². The van der Waals surface area contributed by atoms with E-state index in [1.165, 1.54) is 0 Å². The number of hydrogen-bond acceptors (Lipinski definition) is 2. The number of piperidine rings is 1. The van der Waals surface area contributed by atoms with Crippen LogP contribution in [0.4, 0.5) is 0 Å². The number of H-pyrrole nitrogens is 2. The zero-order chi connectivity index (χ0) is 16.5. The Hall–Kier alpha value is -2.56. The van der Waals surface area contributed by atoms with E-state index in [0.717, 1.165) is 54.8 Å². The summed E-state index contributed by atoms with van der Waals surface area (Å²) in [5.74, 6) is 0.964. The van der Waals surface area contributed by atoms with Crippen molar-refractivity contribution >= 4 is 16.9 Å². The molecule has 0 unspecified atom stereocenters. The number of nitrogens with one attached hydrogen (secondary N) is 2. The van der Waals surface area contributed by atoms with E-state index in [1.807, 2.05) is 41.3 Å². The van der Waals surface area contributed by atoms with Crippen LogP contribution in [0.15, 0.2) is 36.4 Å². The van der Waals surface area contributed by atoms with Gasteiger partial charge < -0.3 is 14.9 Å². The molecule has 1 aliphatic rings. The highest BCUT2D eigenvalue weighted by Crippen LogP contribution is 2.31. The number of aryl methyl sites for hydroxylation is 1. The number of aromatic amines is 2. The highest BCUT2D eigenvalue weighted by Gasteiger charge is 2.31. The second-order valence-electron chi connectivity index (χ2n) is 6.40. The smallest absolute Gasteiger partial charge is 0.270 e. The van der Waals surface area contributed by atoms with Gasteiger partial charge >= 0.3 is 0 Å². The Morgan fingerprint density at radius 3 is 2.88 bits per heavy atom. The van der Waals surface area contributed by atoms with Gasteiger partial charge in [-0.2, -0.15) is 0 Å². The lowest BCUT2D eigenvalue weighted by atomic mass is 10.0. The molecular weight excluding hydrogens is 300 g/mol. The fourth-order valence-electron chi connectivity index (χ4n) is 3.52. The van der Waals surface area contributed by atoms with E-state index in [1.54, 1.807) is 0 Å². The Kier molecular flexibility index (Phi) is 3.84. The molecule has 0 aliphatic carbocycles. The van der Waals surface area contributed by atoms with Crippen LogP contribution in [0.25, 0.3) is 11.0 Å². The van der Waals surface area contributed by atoms with Crippen molar-refractivity contribution in [1.82, 2.24) is 19.9 Å². The molecule has 0 spiro atoms. The van der Waals surface area contributed by atoms with Crippen LogP contribution < -0.4 is 0 Å². The number of nitrogens with zero attached hydrogens (tertiary/aromatic N) is 2. The molecule has 3 aromatic rings. The van der Waals surface area contributed by atoms with E-state index in [2.05, 4.69) is 16.9 Å². The van der Waals surface area contributed by atoms with Crippen molar-refractivity contribution in [3.8, 4) is 0 Å². The molecule has 0 bridgehead atoms. The Labute approximate surface area is 141 Å². The summed E-state index contributed by atoms with van der Waals surface area (Å²) < 4.78 is 0. The maximum Gasteiger partial charge on any atom is 0.270 e. The third kappa shape index (κ3) is 2.60. The summed E-state index contributed by atoms with van der Waals surface area (Å²) in [6, 6.07) is 11.9. The molecule has 1 fully saturated rings. The molecule has 124 valence electrons. The standard InChI is InChI=1S/C19H22N4O/c1-2-13-10-11-16(20-13)19(24)23-12-6-5-9-17(23)18-21-14-7-3-4-8-15(14)22-18/h3-4,7-8,10-11,17,20H,2,5-6,9,12H2,1H3,(H,21,22)/t17-/m0/s1. The molecule has 0 saturated carbocycles. The largest absolute Gasteiger partial charge is 0.354 e. The van der Waals surface area contributed by atoms with Crippen molar-refractivity contribution in [2.45, 2.75) is 38.6 Å². The highest BCUT2D eigenvalue weighted by atomic mass is 16.2. The number of rotatable bonds is 3. The summed E-state index contributed by atoms with van der Waals surface area (Å²) in [4.78, 5) is 26.3. The van der Waals surface area contributed by atoms with Gasteiger partial charge in [0.25, 0.3) is 5.91 Å². The lowest BCUT2D eigenvalue weighted by Gasteiger charge is -2.34. The minimum Gasteiger partial charge on any atom is -0.354 e. The fraction of sp³-hybridized carbons (Fsp3) is 0.368. The van der Waals surface area contributed by atoms with E-state index in [9.17, 15) is 4.79 Å². The number of para-hydroxylation sites is 2. The van der Waals surface area contributed by atoms with Crippen LogP contribution in [0.5, 0.6) is 0 Å². The van der Waals surface area contributed by atoms with Crippen LogP contribution in [0, 0.1) is 0 Å². The molecule has 24 heavy (non-hydrogen) atoms. The molecule has 1 saturated heterocycles. The molecule has 5 heteroatoms. The summed E-state index contributed by atoms with van der Waals surface area (Å²) in [6.07, 6.45) is 4.02. The average Bonchev–Trinajstić information content (AvgIpc) is 3.27. The first-order chi connectivity index (χ1) is 11.8. The van der Waals surface area contributed by atoms with E-state index >= 15 is 0 Å². The number of benzene rings is 1. The number of amides is 1. The summed E-state index contributed by atoms with van der Waals surface area (Å²) in [7, 11) is 0. The maximum absolute atomic E-state index is 13.0. The lowest BCUT2D eigenvalue weighted by molar-refractivity contribution is 0.0596. The van der Waals surface area contributed by atoms with Crippen molar-refractivity contribution in [1.29, 1.82) is 0 Å². The van der Waals surface area contributed by atoms with Gasteiger partial charge in [0.1, 0.15) is 11.5 Å². The Morgan fingerprint density at radius 2 is 2.08 bits per heavy atom.